The Balaban J connectivity index is 1.68. The molecular weight excluding hydrogens is 445 g/mol. The molecule has 0 saturated heterocycles. The van der Waals surface area contributed by atoms with Gasteiger partial charge in [-0.3, -0.25) is 4.79 Å². The van der Waals surface area contributed by atoms with Crippen LogP contribution in [0, 0.1) is 5.82 Å². The predicted octanol–water partition coefficient (Wildman–Crippen LogP) is 2.98. The van der Waals surface area contributed by atoms with Crippen molar-refractivity contribution in [3.8, 4) is 11.5 Å². The van der Waals surface area contributed by atoms with Crippen molar-refractivity contribution in [1.82, 2.24) is 24.0 Å². The average molecular weight is 468 g/mol. The number of nitrogens with zero attached hydrogens (tertiary/aromatic N) is 4. The molecule has 10 heteroatoms. The van der Waals surface area contributed by atoms with E-state index in [-0.39, 0.29) is 22.7 Å². The van der Waals surface area contributed by atoms with Crippen LogP contribution in [0.2, 0.25) is 0 Å². The number of amides is 1. The molecule has 0 saturated carbocycles. The summed E-state index contributed by atoms with van der Waals surface area (Å²) in [6.45, 7) is -0.0158. The lowest BCUT2D eigenvalue weighted by molar-refractivity contribution is 0.0950. The molecule has 2 aromatic carbocycles. The predicted molar refractivity (Wildman–Crippen MR) is 121 cm³/mol. The zero-order valence-corrected chi connectivity index (χ0v) is 18.8. The smallest absolute Gasteiger partial charge is 0.256 e. The van der Waals surface area contributed by atoms with Gasteiger partial charge in [0.1, 0.15) is 17.1 Å². The summed E-state index contributed by atoms with van der Waals surface area (Å²) in [5.41, 5.74) is 0.855. The van der Waals surface area contributed by atoms with Gasteiger partial charge >= 0.3 is 0 Å². The highest BCUT2D eigenvalue weighted by Gasteiger charge is 2.23. The summed E-state index contributed by atoms with van der Waals surface area (Å²) in [6, 6.07) is 16.2. The number of halogens is 1. The number of para-hydroxylation sites is 1. The van der Waals surface area contributed by atoms with Gasteiger partial charge in [0.05, 0.1) is 11.1 Å². The largest absolute Gasteiger partial charge is 0.348 e. The fourth-order valence-corrected chi connectivity index (χ4v) is 4.51. The number of hydrogen-bond acceptors (Lipinski definition) is 4. The van der Waals surface area contributed by atoms with Crippen LogP contribution in [0.4, 0.5) is 4.39 Å². The molecule has 0 atom stereocenters. The minimum Gasteiger partial charge on any atom is -0.348 e. The molecule has 0 radical (unpaired) electrons. The van der Waals surface area contributed by atoms with E-state index in [0.717, 1.165) is 4.31 Å². The first-order chi connectivity index (χ1) is 15.8. The Morgan fingerprint density at radius 1 is 1.03 bits per heavy atom. The first kappa shape index (κ1) is 22.4. The Morgan fingerprint density at radius 3 is 2.39 bits per heavy atom. The van der Waals surface area contributed by atoms with Crippen molar-refractivity contribution in [1.29, 1.82) is 0 Å². The zero-order valence-electron chi connectivity index (χ0n) is 18.0. The number of benzene rings is 2. The lowest BCUT2D eigenvalue weighted by atomic mass is 10.2. The van der Waals surface area contributed by atoms with E-state index in [2.05, 4.69) is 10.4 Å². The molecule has 0 spiro atoms. The Bertz CT molecular complexity index is 1400. The zero-order chi connectivity index (χ0) is 23.6. The van der Waals surface area contributed by atoms with Crippen molar-refractivity contribution in [3.05, 3.63) is 96.2 Å². The lowest BCUT2D eigenvalue weighted by Crippen LogP contribution is -2.27. The van der Waals surface area contributed by atoms with Crippen LogP contribution in [0.15, 0.2) is 84.1 Å². The molecule has 1 N–H and O–H groups in total. The van der Waals surface area contributed by atoms with Gasteiger partial charge in [-0.2, -0.15) is 5.10 Å². The molecule has 0 aliphatic carbocycles. The molecule has 8 nitrogen and oxygen atoms in total. The first-order valence-corrected chi connectivity index (χ1v) is 11.5. The second-order valence-corrected chi connectivity index (χ2v) is 9.53. The molecular formula is C23H22FN5O3S. The number of rotatable bonds is 7. The monoisotopic (exact) mass is 467 g/mol. The van der Waals surface area contributed by atoms with Crippen molar-refractivity contribution in [2.24, 2.45) is 0 Å². The van der Waals surface area contributed by atoms with Gasteiger partial charge < -0.3 is 9.88 Å². The molecule has 0 aliphatic rings. The number of aromatic nitrogens is 3. The second-order valence-electron chi connectivity index (χ2n) is 7.41. The van der Waals surface area contributed by atoms with Crippen molar-refractivity contribution >= 4 is 15.9 Å². The molecule has 33 heavy (non-hydrogen) atoms. The van der Waals surface area contributed by atoms with Crippen LogP contribution in [0.1, 0.15) is 15.9 Å². The van der Waals surface area contributed by atoms with Crippen LogP contribution in [0.5, 0.6) is 0 Å². The van der Waals surface area contributed by atoms with E-state index in [9.17, 15) is 17.6 Å². The van der Waals surface area contributed by atoms with E-state index in [0.29, 0.717) is 11.4 Å². The summed E-state index contributed by atoms with van der Waals surface area (Å²) in [5.74, 6) is -0.598. The standard InChI is InChI=1S/C23H22FN5O3S/c1-27(2)33(31,32)21-12-6-3-9-17(21)15-25-22(30)18-16-26-29(20-11-5-4-10-19(20)24)23(18)28-13-7-8-14-28/h3-14,16H,15H2,1-2H3,(H,25,30). The topological polar surface area (TPSA) is 89.2 Å². The molecule has 170 valence electrons. The molecule has 4 aromatic rings. The Hall–Kier alpha value is -3.76. The fourth-order valence-electron chi connectivity index (χ4n) is 3.40. The van der Waals surface area contributed by atoms with E-state index >= 15 is 0 Å². The number of nitrogens with one attached hydrogen (secondary N) is 1. The highest BCUT2D eigenvalue weighted by molar-refractivity contribution is 7.89. The SMILES string of the molecule is CN(C)S(=O)(=O)c1ccccc1CNC(=O)c1cnn(-c2ccccc2F)c1-n1cccc1. The summed E-state index contributed by atoms with van der Waals surface area (Å²) >= 11 is 0. The van der Waals surface area contributed by atoms with Crippen LogP contribution < -0.4 is 5.32 Å². The highest BCUT2D eigenvalue weighted by atomic mass is 32.2. The number of sulfonamides is 1. The molecule has 0 aliphatic heterocycles. The van der Waals surface area contributed by atoms with Crippen LogP contribution >= 0.6 is 0 Å². The third-order valence-electron chi connectivity index (χ3n) is 5.09. The minimum absolute atomic E-state index is 0.0158. The van der Waals surface area contributed by atoms with Crippen molar-refractivity contribution in [2.45, 2.75) is 11.4 Å². The van der Waals surface area contributed by atoms with Gasteiger partial charge in [0.25, 0.3) is 5.91 Å². The third kappa shape index (κ3) is 4.30. The van der Waals surface area contributed by atoms with E-state index in [1.54, 1.807) is 65.5 Å². The third-order valence-corrected chi connectivity index (χ3v) is 7.00. The van der Waals surface area contributed by atoms with Gasteiger partial charge in [-0.05, 0) is 35.9 Å². The van der Waals surface area contributed by atoms with Crippen molar-refractivity contribution in [2.75, 3.05) is 14.1 Å². The number of carbonyl (C=O) groups is 1. The summed E-state index contributed by atoms with van der Waals surface area (Å²) in [7, 11) is -0.781. The van der Waals surface area contributed by atoms with Crippen molar-refractivity contribution in [3.63, 3.8) is 0 Å². The van der Waals surface area contributed by atoms with Gasteiger partial charge in [-0.25, -0.2) is 21.8 Å². The molecule has 0 bridgehead atoms. The quantitative estimate of drug-likeness (QED) is 0.453. The lowest BCUT2D eigenvalue weighted by Gasteiger charge is -2.16. The van der Waals surface area contributed by atoms with E-state index < -0.39 is 21.7 Å². The maximum absolute atomic E-state index is 14.5. The molecule has 4 rings (SSSR count). The summed E-state index contributed by atoms with van der Waals surface area (Å²) < 4.78 is 43.9. The van der Waals surface area contributed by atoms with E-state index in [4.69, 9.17) is 0 Å². The number of carbonyl (C=O) groups excluding carboxylic acids is 1. The normalized spacial score (nSPS) is 11.6. The Kier molecular flexibility index (Phi) is 6.12. The Labute approximate surface area is 190 Å². The van der Waals surface area contributed by atoms with E-state index in [1.165, 1.54) is 37.1 Å². The Morgan fingerprint density at radius 2 is 1.70 bits per heavy atom. The van der Waals surface area contributed by atoms with Gasteiger partial charge in [0.2, 0.25) is 10.0 Å². The maximum Gasteiger partial charge on any atom is 0.256 e. The second kappa shape index (κ2) is 9.00. The molecule has 2 aromatic heterocycles. The van der Waals surface area contributed by atoms with E-state index in [1.807, 2.05) is 0 Å². The van der Waals surface area contributed by atoms with Gasteiger partial charge in [0, 0.05) is 33.0 Å². The summed E-state index contributed by atoms with van der Waals surface area (Å²) in [5, 5.41) is 7.02. The highest BCUT2D eigenvalue weighted by Crippen LogP contribution is 2.23. The molecule has 0 unspecified atom stereocenters. The van der Waals surface area contributed by atoms with Crippen LogP contribution in [0.3, 0.4) is 0 Å². The number of hydrogen-bond donors (Lipinski definition) is 1. The maximum atomic E-state index is 14.5. The first-order valence-electron chi connectivity index (χ1n) is 10.1. The summed E-state index contributed by atoms with van der Waals surface area (Å²) in [6.07, 6.45) is 4.81. The van der Waals surface area contributed by atoms with Gasteiger partial charge in [-0.15, -0.1) is 0 Å². The van der Waals surface area contributed by atoms with Crippen LogP contribution in [-0.4, -0.2) is 47.1 Å². The van der Waals surface area contributed by atoms with Crippen LogP contribution in [-0.2, 0) is 16.6 Å². The molecule has 0 fully saturated rings. The summed E-state index contributed by atoms with van der Waals surface area (Å²) in [4.78, 5) is 13.2. The fraction of sp³-hybridized carbons (Fsp3) is 0.130. The van der Waals surface area contributed by atoms with Gasteiger partial charge in [-0.1, -0.05) is 30.3 Å². The van der Waals surface area contributed by atoms with Crippen molar-refractivity contribution < 1.29 is 17.6 Å². The average Bonchev–Trinajstić information content (AvgIpc) is 3.47. The molecule has 1 amide bonds. The van der Waals surface area contributed by atoms with Gasteiger partial charge in [0.15, 0.2) is 5.82 Å². The molecule has 2 heterocycles. The van der Waals surface area contributed by atoms with Crippen LogP contribution in [0.25, 0.3) is 11.5 Å². The minimum atomic E-state index is -3.68.